The highest BCUT2D eigenvalue weighted by atomic mass is 16.7. The molecule has 0 amide bonds. The number of fused-ring (bicyclic) bond motifs is 1. The minimum Gasteiger partial charge on any atom is -0.463 e. The zero-order chi connectivity index (χ0) is 59.7. The van der Waals surface area contributed by atoms with Crippen molar-refractivity contribution in [3.05, 3.63) is 42.1 Å². The Morgan fingerprint density at radius 1 is 0.802 bits per heavy atom. The van der Waals surface area contributed by atoms with E-state index >= 15 is 0 Å². The molecule has 0 unspecified atom stereocenters. The van der Waals surface area contributed by atoms with Gasteiger partial charge in [-0.05, 0) is 104 Å². The first kappa shape index (κ1) is 66.9. The maximum Gasteiger partial charge on any atom is 0.309 e. The van der Waals surface area contributed by atoms with E-state index < -0.39 is 146 Å². The molecule has 456 valence electrons. The molecule has 5 rings (SSSR count). The summed E-state index contributed by atoms with van der Waals surface area (Å²) in [5.41, 5.74) is 0.700. The van der Waals surface area contributed by atoms with E-state index in [4.69, 9.17) is 61.6 Å². The Morgan fingerprint density at radius 3 is 2.11 bits per heavy atom. The molecule has 3 fully saturated rings. The molecule has 3 saturated heterocycles. The summed E-state index contributed by atoms with van der Waals surface area (Å²) >= 11 is 0. The van der Waals surface area contributed by atoms with E-state index in [1.54, 1.807) is 55.6 Å². The number of nitrogens with zero attached hydrogens (tertiary/aromatic N) is 3. The molecule has 3 aliphatic heterocycles. The molecule has 22 nitrogen and oxygen atoms in total. The monoisotopic (exact) mass is 1150 g/mol. The Morgan fingerprint density at radius 2 is 1.48 bits per heavy atom. The van der Waals surface area contributed by atoms with Crippen molar-refractivity contribution in [1.29, 1.82) is 0 Å². The number of ether oxygens (including phenoxy) is 13. The molecule has 16 atom stereocenters. The van der Waals surface area contributed by atoms with Crippen molar-refractivity contribution >= 4 is 46.7 Å². The van der Waals surface area contributed by atoms with Crippen LogP contribution >= 0.6 is 0 Å². The lowest BCUT2D eigenvalue weighted by molar-refractivity contribution is -0.346. The van der Waals surface area contributed by atoms with Gasteiger partial charge in [0.05, 0.1) is 36.3 Å². The van der Waals surface area contributed by atoms with Crippen molar-refractivity contribution in [3.63, 3.8) is 0 Å². The second kappa shape index (κ2) is 31.7. The summed E-state index contributed by atoms with van der Waals surface area (Å²) in [6, 6.07) is 9.22. The molecule has 1 aromatic heterocycles. The third-order valence-corrected chi connectivity index (χ3v) is 15.4. The molecular formula is C59H91N3O19. The molecule has 22 heteroatoms. The van der Waals surface area contributed by atoms with E-state index in [-0.39, 0.29) is 32.1 Å². The van der Waals surface area contributed by atoms with Crippen molar-refractivity contribution in [3.8, 4) is 0 Å². The predicted octanol–water partition coefficient (Wildman–Crippen LogP) is 6.27. The first-order chi connectivity index (χ1) is 38.4. The molecule has 0 saturated carbocycles. The van der Waals surface area contributed by atoms with Crippen LogP contribution in [-0.4, -0.2) is 197 Å². The van der Waals surface area contributed by atoms with Gasteiger partial charge in [-0.3, -0.25) is 38.7 Å². The van der Waals surface area contributed by atoms with E-state index in [0.29, 0.717) is 26.1 Å². The summed E-state index contributed by atoms with van der Waals surface area (Å²) in [7, 11) is 7.97. The number of hydrogen-bond donors (Lipinski definition) is 0. The SMILES string of the molecule is CCC(=O)O[C@@H]1CC(=O)O[C@H](C)CCN(CCCc2ccnc3ccccc23)C[C@H](OC(C)=O)[C@H](C)C[C@H](CC(OC)OC)[C@H](O[C@@H]2O[C@H](C)[C@@H](O[C@H]3C[C@@](C)(OC(C)=O)[C@@H](OC(=O)CC)[C@H](C)O3)[C@H](N(C)C)[C@H]2OC(C)=O)[C@H]1OC. The van der Waals surface area contributed by atoms with Crippen molar-refractivity contribution in [1.82, 2.24) is 14.8 Å². The van der Waals surface area contributed by atoms with Gasteiger partial charge in [-0.25, -0.2) is 0 Å². The average Bonchev–Trinajstić information content (AvgIpc) is 3.54. The fourth-order valence-corrected chi connectivity index (χ4v) is 11.6. The highest BCUT2D eigenvalue weighted by molar-refractivity contribution is 5.81. The second-order valence-electron chi connectivity index (χ2n) is 22.1. The summed E-state index contributed by atoms with van der Waals surface area (Å²) in [6.07, 6.45) is -9.32. The number of aromatic nitrogens is 1. The molecule has 81 heavy (non-hydrogen) atoms. The van der Waals surface area contributed by atoms with Crippen LogP contribution in [0.2, 0.25) is 0 Å². The number of para-hydroxylation sites is 1. The Labute approximate surface area is 478 Å². The molecule has 0 spiro atoms. The van der Waals surface area contributed by atoms with Crippen LogP contribution in [0.1, 0.15) is 126 Å². The lowest BCUT2D eigenvalue weighted by Gasteiger charge is -2.51. The molecular weight excluding hydrogens is 1050 g/mol. The number of carbonyl (C=O) groups excluding carboxylic acids is 6. The molecule has 3 aliphatic rings. The van der Waals surface area contributed by atoms with Crippen LogP contribution in [0.15, 0.2) is 36.5 Å². The van der Waals surface area contributed by atoms with Gasteiger partial charge in [0.2, 0.25) is 0 Å². The average molecular weight is 1150 g/mol. The van der Waals surface area contributed by atoms with E-state index in [1.807, 2.05) is 42.3 Å². The first-order valence-corrected chi connectivity index (χ1v) is 28.5. The Kier molecular flexibility index (Phi) is 26.1. The summed E-state index contributed by atoms with van der Waals surface area (Å²) in [6.45, 7) is 17.5. The van der Waals surface area contributed by atoms with Crippen LogP contribution in [0.4, 0.5) is 0 Å². The number of pyridine rings is 1. The smallest absolute Gasteiger partial charge is 0.309 e. The fraction of sp³-hybridized carbons (Fsp3) is 0.746. The first-order valence-electron chi connectivity index (χ1n) is 28.5. The lowest BCUT2D eigenvalue weighted by Crippen LogP contribution is -2.67. The van der Waals surface area contributed by atoms with Crippen LogP contribution in [-0.2, 0) is 96.8 Å². The summed E-state index contributed by atoms with van der Waals surface area (Å²) < 4.78 is 81.6. The normalized spacial score (nSPS) is 32.0. The number of benzene rings is 1. The van der Waals surface area contributed by atoms with Gasteiger partial charge < -0.3 is 66.5 Å². The van der Waals surface area contributed by atoms with Crippen LogP contribution in [0, 0.1) is 11.8 Å². The summed E-state index contributed by atoms with van der Waals surface area (Å²) in [5, 5.41) is 1.08. The summed E-state index contributed by atoms with van der Waals surface area (Å²) in [4.78, 5) is 87.9. The van der Waals surface area contributed by atoms with Crippen molar-refractivity contribution in [2.45, 2.75) is 219 Å². The highest BCUT2D eigenvalue weighted by Gasteiger charge is 2.56. The van der Waals surface area contributed by atoms with Gasteiger partial charge in [-0.15, -0.1) is 0 Å². The number of carbonyl (C=O) groups is 6. The van der Waals surface area contributed by atoms with Gasteiger partial charge >= 0.3 is 35.8 Å². The number of methoxy groups -OCH3 is 3. The molecule has 0 bridgehead atoms. The maximum atomic E-state index is 14.2. The van der Waals surface area contributed by atoms with Crippen LogP contribution in [0.5, 0.6) is 0 Å². The number of cyclic esters (lactones) is 1. The van der Waals surface area contributed by atoms with Gasteiger partial charge in [0.1, 0.15) is 30.5 Å². The van der Waals surface area contributed by atoms with Crippen LogP contribution in [0.25, 0.3) is 10.9 Å². The van der Waals surface area contributed by atoms with E-state index in [2.05, 4.69) is 16.0 Å². The Hall–Kier alpha value is -4.91. The predicted molar refractivity (Wildman–Crippen MR) is 294 cm³/mol. The van der Waals surface area contributed by atoms with E-state index in [1.165, 1.54) is 42.1 Å². The second-order valence-corrected chi connectivity index (χ2v) is 22.1. The van der Waals surface area contributed by atoms with E-state index in [0.717, 1.165) is 29.3 Å². The van der Waals surface area contributed by atoms with Gasteiger partial charge in [-0.2, -0.15) is 0 Å². The maximum absolute atomic E-state index is 14.2. The molecule has 0 aliphatic carbocycles. The largest absolute Gasteiger partial charge is 0.463 e. The molecule has 1 aromatic carbocycles. The van der Waals surface area contributed by atoms with Gasteiger partial charge in [0.25, 0.3) is 0 Å². The minimum atomic E-state index is -1.40. The zero-order valence-electron chi connectivity index (χ0n) is 50.3. The zero-order valence-corrected chi connectivity index (χ0v) is 50.3. The van der Waals surface area contributed by atoms with Gasteiger partial charge in [0.15, 0.2) is 36.7 Å². The topological polar surface area (TPSA) is 242 Å². The van der Waals surface area contributed by atoms with Crippen molar-refractivity contribution in [2.24, 2.45) is 11.8 Å². The third-order valence-electron chi connectivity index (χ3n) is 15.4. The molecule has 2 aromatic rings. The van der Waals surface area contributed by atoms with Crippen LogP contribution in [0.3, 0.4) is 0 Å². The number of likely N-dealkylation sites (N-methyl/N-ethyl adjacent to an activating group) is 1. The summed E-state index contributed by atoms with van der Waals surface area (Å²) in [5.74, 6) is -4.61. The third kappa shape index (κ3) is 19.1. The highest BCUT2D eigenvalue weighted by Crippen LogP contribution is 2.41. The van der Waals surface area contributed by atoms with E-state index in [9.17, 15) is 28.8 Å². The molecule has 0 N–H and O–H groups in total. The Bertz CT molecular complexity index is 2350. The van der Waals surface area contributed by atoms with Gasteiger partial charge in [0, 0.05) is 92.5 Å². The van der Waals surface area contributed by atoms with Gasteiger partial charge in [-0.1, -0.05) is 39.0 Å². The Balaban J connectivity index is 1.59. The molecule has 0 radical (unpaired) electrons. The van der Waals surface area contributed by atoms with Crippen molar-refractivity contribution in [2.75, 3.05) is 55.1 Å². The molecule has 4 heterocycles. The van der Waals surface area contributed by atoms with Crippen LogP contribution < -0.4 is 0 Å². The number of aryl methyl sites for hydroxylation is 1. The number of hydrogen-bond acceptors (Lipinski definition) is 22. The fourth-order valence-electron chi connectivity index (χ4n) is 11.6. The quantitative estimate of drug-likeness (QED) is 0.0760. The standard InChI is InChI=1S/C59H91N3O19/c1-16-47(66)77-45-31-49(68)72-35(4)25-28-62(27-20-21-41-24-26-60-44-23-19-18-22-43(41)44)33-46(75-38(7)63)34(3)29-42(30-50(69-13)70-14)54(55(45)71-15)80-58-56(76-39(8)64)52(61(11)12)53(36(5)74-58)79-51-32-59(10,81-40(9)65)57(37(6)73-51)78-48(67)17-2/h18-19,22-24,26,34-37,42,45-46,50-58H,16-17,20-21,25,27-33H2,1-15H3/t34-,35-,36-,37+,42-,45-,46+,51+,52+,53-,54+,55+,56-,57+,58+,59-/m1/s1. The number of esters is 6. The minimum absolute atomic E-state index is 0.0329. The number of rotatable bonds is 21. The van der Waals surface area contributed by atoms with Crippen molar-refractivity contribution < 1.29 is 90.3 Å². The lowest BCUT2D eigenvalue weighted by atomic mass is 9.81.